The van der Waals surface area contributed by atoms with Crippen molar-refractivity contribution in [3.05, 3.63) is 35.6 Å². The van der Waals surface area contributed by atoms with Gasteiger partial charge >= 0.3 is 0 Å². The van der Waals surface area contributed by atoms with Crippen LogP contribution in [-0.2, 0) is 0 Å². The van der Waals surface area contributed by atoms with Gasteiger partial charge in [-0.3, -0.25) is 0 Å². The first-order chi connectivity index (χ1) is 9.08. The number of rotatable bonds is 5. The number of likely N-dealkylation sites (N-methyl/N-ethyl adjacent to an activating group) is 2. The van der Waals surface area contributed by atoms with Gasteiger partial charge in [-0.1, -0.05) is 18.2 Å². The predicted molar refractivity (Wildman–Crippen MR) is 76.5 cm³/mol. The average Bonchev–Trinajstić information content (AvgIpc) is 2.75. The van der Waals surface area contributed by atoms with Crippen molar-refractivity contribution in [1.29, 1.82) is 0 Å². The highest BCUT2D eigenvalue weighted by Gasteiger charge is 2.23. The molecule has 2 unspecified atom stereocenters. The molecule has 0 aliphatic carbocycles. The lowest BCUT2D eigenvalue weighted by molar-refractivity contribution is 0.212. The van der Waals surface area contributed by atoms with Gasteiger partial charge in [0.05, 0.1) is 0 Å². The summed E-state index contributed by atoms with van der Waals surface area (Å²) >= 11 is 0. The molecule has 0 bridgehead atoms. The molecule has 0 spiro atoms. The SMILES string of the molecule is CN(CC(N)c1ccccc1F)CC1CCCN1C. The monoisotopic (exact) mass is 265 g/mol. The second-order valence-corrected chi connectivity index (χ2v) is 5.63. The van der Waals surface area contributed by atoms with Crippen LogP contribution >= 0.6 is 0 Å². The van der Waals surface area contributed by atoms with Gasteiger partial charge in [-0.2, -0.15) is 0 Å². The Labute approximate surface area is 115 Å². The summed E-state index contributed by atoms with van der Waals surface area (Å²) in [5.74, 6) is -0.207. The smallest absolute Gasteiger partial charge is 0.128 e. The third-order valence-corrected chi connectivity index (χ3v) is 4.01. The Morgan fingerprint density at radius 1 is 1.47 bits per heavy atom. The van der Waals surface area contributed by atoms with Crippen molar-refractivity contribution in [2.24, 2.45) is 5.73 Å². The van der Waals surface area contributed by atoms with Gasteiger partial charge in [0.2, 0.25) is 0 Å². The molecule has 0 amide bonds. The van der Waals surface area contributed by atoms with Gasteiger partial charge in [-0.05, 0) is 39.5 Å². The molecule has 0 radical (unpaired) electrons. The third kappa shape index (κ3) is 3.75. The average molecular weight is 265 g/mol. The van der Waals surface area contributed by atoms with Gasteiger partial charge in [0.1, 0.15) is 5.82 Å². The van der Waals surface area contributed by atoms with Gasteiger partial charge < -0.3 is 15.5 Å². The molecule has 106 valence electrons. The first-order valence-corrected chi connectivity index (χ1v) is 6.96. The number of halogens is 1. The summed E-state index contributed by atoms with van der Waals surface area (Å²) in [6.45, 7) is 2.86. The Hall–Kier alpha value is -0.970. The normalized spacial score (nSPS) is 22.1. The number of nitrogens with zero attached hydrogens (tertiary/aromatic N) is 2. The van der Waals surface area contributed by atoms with E-state index >= 15 is 0 Å². The van der Waals surface area contributed by atoms with E-state index in [2.05, 4.69) is 23.9 Å². The van der Waals surface area contributed by atoms with Crippen molar-refractivity contribution in [2.45, 2.75) is 24.9 Å². The largest absolute Gasteiger partial charge is 0.323 e. The summed E-state index contributed by atoms with van der Waals surface area (Å²) in [5, 5.41) is 0. The Balaban J connectivity index is 1.88. The molecule has 1 aliphatic heterocycles. The number of nitrogens with two attached hydrogens (primary N) is 1. The summed E-state index contributed by atoms with van der Waals surface area (Å²) in [4.78, 5) is 4.61. The first-order valence-electron chi connectivity index (χ1n) is 6.96. The molecule has 0 aromatic heterocycles. The Morgan fingerprint density at radius 2 is 2.21 bits per heavy atom. The molecule has 2 N–H and O–H groups in total. The zero-order valence-corrected chi connectivity index (χ0v) is 11.8. The molecule has 3 nitrogen and oxygen atoms in total. The first kappa shape index (κ1) is 14.4. The molecule has 1 aromatic rings. The van der Waals surface area contributed by atoms with Gasteiger partial charge in [0.25, 0.3) is 0 Å². The van der Waals surface area contributed by atoms with Crippen molar-refractivity contribution in [2.75, 3.05) is 33.7 Å². The van der Waals surface area contributed by atoms with Crippen molar-refractivity contribution in [3.8, 4) is 0 Å². The van der Waals surface area contributed by atoms with Crippen LogP contribution in [0.3, 0.4) is 0 Å². The van der Waals surface area contributed by atoms with Crippen LogP contribution in [0.15, 0.2) is 24.3 Å². The minimum absolute atomic E-state index is 0.207. The van der Waals surface area contributed by atoms with Gasteiger partial charge in [-0.15, -0.1) is 0 Å². The molecular weight excluding hydrogens is 241 g/mol. The number of likely N-dealkylation sites (tertiary alicyclic amines) is 1. The van der Waals surface area contributed by atoms with Crippen LogP contribution in [-0.4, -0.2) is 49.6 Å². The molecular formula is C15H24FN3. The lowest BCUT2D eigenvalue weighted by Crippen LogP contribution is -2.39. The number of hydrogen-bond acceptors (Lipinski definition) is 3. The molecule has 0 saturated carbocycles. The van der Waals surface area contributed by atoms with Gasteiger partial charge in [-0.25, -0.2) is 4.39 Å². The maximum Gasteiger partial charge on any atom is 0.128 e. The second-order valence-electron chi connectivity index (χ2n) is 5.63. The van der Waals surface area contributed by atoms with E-state index in [9.17, 15) is 4.39 Å². The van der Waals surface area contributed by atoms with Gasteiger partial charge in [0.15, 0.2) is 0 Å². The maximum absolute atomic E-state index is 13.7. The number of hydrogen-bond donors (Lipinski definition) is 1. The summed E-state index contributed by atoms with van der Waals surface area (Å²) in [6, 6.07) is 7.12. The molecule has 4 heteroatoms. The quantitative estimate of drug-likeness (QED) is 0.882. The van der Waals surface area contributed by atoms with E-state index in [0.717, 1.165) is 6.54 Å². The number of benzene rings is 1. The highest BCUT2D eigenvalue weighted by atomic mass is 19.1. The lowest BCUT2D eigenvalue weighted by Gasteiger charge is -2.27. The zero-order chi connectivity index (χ0) is 13.8. The van der Waals surface area contributed by atoms with Crippen LogP contribution in [0.25, 0.3) is 0 Å². The fraction of sp³-hybridized carbons (Fsp3) is 0.600. The Bertz CT molecular complexity index is 410. The van der Waals surface area contributed by atoms with E-state index in [0.29, 0.717) is 18.2 Å². The molecule has 19 heavy (non-hydrogen) atoms. The Morgan fingerprint density at radius 3 is 2.84 bits per heavy atom. The molecule has 2 atom stereocenters. The van der Waals surface area contributed by atoms with Crippen LogP contribution in [0.1, 0.15) is 24.4 Å². The maximum atomic E-state index is 13.7. The zero-order valence-electron chi connectivity index (χ0n) is 11.8. The van der Waals surface area contributed by atoms with Crippen LogP contribution in [0.2, 0.25) is 0 Å². The van der Waals surface area contributed by atoms with Crippen molar-refractivity contribution < 1.29 is 4.39 Å². The fourth-order valence-electron chi connectivity index (χ4n) is 2.85. The molecule has 1 aromatic carbocycles. The summed E-state index contributed by atoms with van der Waals surface area (Å²) in [6.07, 6.45) is 2.52. The molecule has 2 rings (SSSR count). The summed E-state index contributed by atoms with van der Waals surface area (Å²) < 4.78 is 13.7. The van der Waals surface area contributed by atoms with E-state index in [1.165, 1.54) is 25.5 Å². The standard InChI is InChI=1S/C15H24FN3/c1-18(10-12-6-5-9-19(12)2)11-15(17)13-7-3-4-8-14(13)16/h3-4,7-8,12,15H,5-6,9-11,17H2,1-2H3. The lowest BCUT2D eigenvalue weighted by atomic mass is 10.1. The predicted octanol–water partition coefficient (Wildman–Crippen LogP) is 1.85. The van der Waals surface area contributed by atoms with E-state index in [1.54, 1.807) is 12.1 Å². The fourth-order valence-corrected chi connectivity index (χ4v) is 2.85. The molecule has 1 saturated heterocycles. The third-order valence-electron chi connectivity index (χ3n) is 4.01. The van der Waals surface area contributed by atoms with Crippen LogP contribution in [0.4, 0.5) is 4.39 Å². The second kappa shape index (κ2) is 6.46. The van der Waals surface area contributed by atoms with E-state index < -0.39 is 0 Å². The topological polar surface area (TPSA) is 32.5 Å². The molecule has 1 aliphatic rings. The highest BCUT2D eigenvalue weighted by molar-refractivity contribution is 5.21. The minimum Gasteiger partial charge on any atom is -0.323 e. The van der Waals surface area contributed by atoms with Crippen molar-refractivity contribution >= 4 is 0 Å². The van der Waals surface area contributed by atoms with Crippen LogP contribution < -0.4 is 5.73 Å². The van der Waals surface area contributed by atoms with E-state index in [1.807, 2.05) is 6.07 Å². The van der Waals surface area contributed by atoms with Gasteiger partial charge in [0, 0.05) is 30.7 Å². The molecule has 1 heterocycles. The summed E-state index contributed by atoms with van der Waals surface area (Å²) in [5.41, 5.74) is 6.72. The minimum atomic E-state index is -0.266. The van der Waals surface area contributed by atoms with Crippen molar-refractivity contribution in [1.82, 2.24) is 9.80 Å². The summed E-state index contributed by atoms with van der Waals surface area (Å²) in [7, 11) is 4.23. The van der Waals surface area contributed by atoms with Crippen LogP contribution in [0.5, 0.6) is 0 Å². The van der Waals surface area contributed by atoms with E-state index in [-0.39, 0.29) is 11.9 Å². The van der Waals surface area contributed by atoms with Crippen molar-refractivity contribution in [3.63, 3.8) is 0 Å². The highest BCUT2D eigenvalue weighted by Crippen LogP contribution is 2.18. The Kier molecular flexibility index (Phi) is 4.91. The van der Waals surface area contributed by atoms with Crippen LogP contribution in [0, 0.1) is 5.82 Å². The van der Waals surface area contributed by atoms with E-state index in [4.69, 9.17) is 5.73 Å². The molecule has 1 fully saturated rings.